The van der Waals surface area contributed by atoms with Gasteiger partial charge in [0, 0.05) is 24.8 Å². The van der Waals surface area contributed by atoms with Crippen LogP contribution in [0.2, 0.25) is 0 Å². The summed E-state index contributed by atoms with van der Waals surface area (Å²) in [6, 6.07) is 5.75. The summed E-state index contributed by atoms with van der Waals surface area (Å²) in [5.41, 5.74) is 7.53. The van der Waals surface area contributed by atoms with Crippen molar-refractivity contribution in [1.29, 1.82) is 0 Å². The number of benzene rings is 1. The van der Waals surface area contributed by atoms with Crippen molar-refractivity contribution in [3.05, 3.63) is 30.4 Å². The van der Waals surface area contributed by atoms with Crippen LogP contribution in [-0.4, -0.2) is 20.2 Å². The average molecular weight is 190 g/mol. The maximum Gasteiger partial charge on any atom is 0.144 e. The number of methoxy groups -OCH3 is 1. The summed E-state index contributed by atoms with van der Waals surface area (Å²) in [5.74, 6) is 0.841. The second kappa shape index (κ2) is 3.62. The van der Waals surface area contributed by atoms with Crippen molar-refractivity contribution in [3.8, 4) is 5.75 Å². The van der Waals surface area contributed by atoms with Gasteiger partial charge in [-0.05, 0) is 12.1 Å². The lowest BCUT2D eigenvalue weighted by Crippen LogP contribution is -2.19. The van der Waals surface area contributed by atoms with E-state index in [0.717, 1.165) is 30.2 Å². The fourth-order valence-electron chi connectivity index (χ4n) is 1.63. The molecule has 0 atom stereocenters. The first kappa shape index (κ1) is 8.94. The zero-order valence-electron chi connectivity index (χ0n) is 8.23. The molecule has 3 heteroatoms. The van der Waals surface area contributed by atoms with Gasteiger partial charge in [0.15, 0.2) is 0 Å². The van der Waals surface area contributed by atoms with Gasteiger partial charge >= 0.3 is 0 Å². The van der Waals surface area contributed by atoms with Crippen LogP contribution in [0.15, 0.2) is 30.4 Å². The summed E-state index contributed by atoms with van der Waals surface area (Å²) in [4.78, 5) is 2.23. The quantitative estimate of drug-likeness (QED) is 0.569. The molecule has 0 fully saturated rings. The fraction of sp³-hybridized carbons (Fsp3) is 0.273. The molecule has 1 aliphatic rings. The third kappa shape index (κ3) is 1.53. The molecule has 2 N–H and O–H groups in total. The molecule has 1 heterocycles. The summed E-state index contributed by atoms with van der Waals surface area (Å²) >= 11 is 0. The Hall–Kier alpha value is -1.64. The zero-order valence-corrected chi connectivity index (χ0v) is 8.23. The van der Waals surface area contributed by atoms with Crippen LogP contribution in [0.4, 0.5) is 11.4 Å². The van der Waals surface area contributed by atoms with Gasteiger partial charge in [-0.15, -0.1) is 0 Å². The molecule has 74 valence electrons. The van der Waals surface area contributed by atoms with Gasteiger partial charge in [0.1, 0.15) is 5.75 Å². The van der Waals surface area contributed by atoms with Crippen molar-refractivity contribution in [2.45, 2.75) is 0 Å². The van der Waals surface area contributed by atoms with Crippen LogP contribution in [0.1, 0.15) is 0 Å². The zero-order chi connectivity index (χ0) is 9.97. The molecule has 0 saturated heterocycles. The predicted molar refractivity (Wildman–Crippen MR) is 58.8 cm³/mol. The third-order valence-corrected chi connectivity index (χ3v) is 2.36. The summed E-state index contributed by atoms with van der Waals surface area (Å²) in [6.07, 6.45) is 4.30. The summed E-state index contributed by atoms with van der Waals surface area (Å²) in [5, 5.41) is 0. The van der Waals surface area contributed by atoms with Crippen LogP contribution in [0.5, 0.6) is 5.75 Å². The van der Waals surface area contributed by atoms with Gasteiger partial charge in [-0.25, -0.2) is 0 Å². The van der Waals surface area contributed by atoms with Crippen LogP contribution >= 0.6 is 0 Å². The van der Waals surface area contributed by atoms with Crippen molar-refractivity contribution < 1.29 is 4.74 Å². The van der Waals surface area contributed by atoms with E-state index in [1.165, 1.54) is 0 Å². The highest BCUT2D eigenvalue weighted by molar-refractivity contribution is 5.65. The van der Waals surface area contributed by atoms with E-state index in [0.29, 0.717) is 0 Å². The Bertz CT molecular complexity index is 352. The smallest absolute Gasteiger partial charge is 0.144 e. The highest BCUT2D eigenvalue weighted by Crippen LogP contribution is 2.31. The summed E-state index contributed by atoms with van der Waals surface area (Å²) < 4.78 is 5.29. The van der Waals surface area contributed by atoms with E-state index in [9.17, 15) is 0 Å². The molecule has 2 rings (SSSR count). The van der Waals surface area contributed by atoms with Gasteiger partial charge in [-0.3, -0.25) is 0 Å². The number of ether oxygens (including phenoxy) is 1. The number of rotatable bonds is 2. The van der Waals surface area contributed by atoms with Gasteiger partial charge in [0.2, 0.25) is 0 Å². The van der Waals surface area contributed by atoms with Gasteiger partial charge in [-0.1, -0.05) is 12.2 Å². The Kier molecular flexibility index (Phi) is 2.31. The molecular weight excluding hydrogens is 176 g/mol. The maximum absolute atomic E-state index is 5.69. The number of nitrogens with two attached hydrogens (primary N) is 1. The average Bonchev–Trinajstić information content (AvgIpc) is 2.70. The van der Waals surface area contributed by atoms with Gasteiger partial charge in [0.25, 0.3) is 0 Å². The van der Waals surface area contributed by atoms with E-state index < -0.39 is 0 Å². The molecule has 0 unspecified atom stereocenters. The monoisotopic (exact) mass is 190 g/mol. The molecule has 3 nitrogen and oxygen atoms in total. The minimum atomic E-state index is 0.734. The lowest BCUT2D eigenvalue weighted by molar-refractivity contribution is 0.415. The first-order valence-electron chi connectivity index (χ1n) is 4.64. The fourth-order valence-corrected chi connectivity index (χ4v) is 1.63. The number of hydrogen-bond acceptors (Lipinski definition) is 3. The molecule has 0 saturated carbocycles. The highest BCUT2D eigenvalue weighted by Gasteiger charge is 2.12. The molecule has 0 bridgehead atoms. The van der Waals surface area contributed by atoms with Crippen molar-refractivity contribution in [1.82, 2.24) is 0 Å². The maximum atomic E-state index is 5.69. The number of hydrogen-bond donors (Lipinski definition) is 1. The van der Waals surface area contributed by atoms with E-state index in [-0.39, 0.29) is 0 Å². The molecule has 0 amide bonds. The molecule has 1 aromatic rings. The van der Waals surface area contributed by atoms with E-state index in [2.05, 4.69) is 17.1 Å². The minimum Gasteiger partial charge on any atom is -0.495 e. The van der Waals surface area contributed by atoms with Crippen LogP contribution < -0.4 is 15.4 Å². The highest BCUT2D eigenvalue weighted by atomic mass is 16.5. The SMILES string of the molecule is COc1cc(N)ccc1N1CC=CC1. The minimum absolute atomic E-state index is 0.734. The Morgan fingerprint density at radius 3 is 2.64 bits per heavy atom. The molecule has 0 aliphatic carbocycles. The first-order valence-corrected chi connectivity index (χ1v) is 4.64. The molecule has 0 spiro atoms. The molecule has 1 aliphatic heterocycles. The topological polar surface area (TPSA) is 38.5 Å². The molecule has 1 aromatic carbocycles. The van der Waals surface area contributed by atoms with Gasteiger partial charge in [0.05, 0.1) is 12.8 Å². The van der Waals surface area contributed by atoms with E-state index in [1.807, 2.05) is 18.2 Å². The van der Waals surface area contributed by atoms with Gasteiger partial charge in [-0.2, -0.15) is 0 Å². The Balaban J connectivity index is 2.32. The van der Waals surface area contributed by atoms with Crippen LogP contribution in [-0.2, 0) is 0 Å². The second-order valence-corrected chi connectivity index (χ2v) is 3.31. The lowest BCUT2D eigenvalue weighted by Gasteiger charge is -2.20. The summed E-state index contributed by atoms with van der Waals surface area (Å²) in [7, 11) is 1.67. The largest absolute Gasteiger partial charge is 0.495 e. The standard InChI is InChI=1S/C11H14N2O/c1-14-11-8-9(12)4-5-10(11)13-6-2-3-7-13/h2-5,8H,6-7,12H2,1H3. The van der Waals surface area contributed by atoms with Crippen molar-refractivity contribution in [3.63, 3.8) is 0 Å². The number of anilines is 2. The molecule has 0 radical (unpaired) electrons. The van der Waals surface area contributed by atoms with E-state index in [1.54, 1.807) is 7.11 Å². The Morgan fingerprint density at radius 1 is 1.29 bits per heavy atom. The third-order valence-electron chi connectivity index (χ3n) is 2.36. The van der Waals surface area contributed by atoms with Crippen molar-refractivity contribution in [2.24, 2.45) is 0 Å². The first-order chi connectivity index (χ1) is 6.81. The number of nitrogens with zero attached hydrogens (tertiary/aromatic N) is 1. The van der Waals surface area contributed by atoms with Crippen LogP contribution in [0, 0.1) is 0 Å². The predicted octanol–water partition coefficient (Wildman–Crippen LogP) is 1.65. The van der Waals surface area contributed by atoms with Crippen LogP contribution in [0.25, 0.3) is 0 Å². The number of nitrogen functional groups attached to an aromatic ring is 1. The molecule has 14 heavy (non-hydrogen) atoms. The lowest BCUT2D eigenvalue weighted by atomic mass is 10.2. The van der Waals surface area contributed by atoms with Crippen molar-refractivity contribution >= 4 is 11.4 Å². The molecule has 0 aromatic heterocycles. The van der Waals surface area contributed by atoms with Gasteiger partial charge < -0.3 is 15.4 Å². The van der Waals surface area contributed by atoms with Crippen molar-refractivity contribution in [2.75, 3.05) is 30.8 Å². The summed E-state index contributed by atoms with van der Waals surface area (Å²) in [6.45, 7) is 1.89. The van der Waals surface area contributed by atoms with E-state index in [4.69, 9.17) is 10.5 Å². The Labute approximate surface area is 83.8 Å². The second-order valence-electron chi connectivity index (χ2n) is 3.31. The van der Waals surface area contributed by atoms with E-state index >= 15 is 0 Å². The molecular formula is C11H14N2O. The normalized spacial score (nSPS) is 14.8. The van der Waals surface area contributed by atoms with Crippen LogP contribution in [0.3, 0.4) is 0 Å². The Morgan fingerprint density at radius 2 is 2.00 bits per heavy atom.